The Labute approximate surface area is 147 Å². The molecule has 25 heavy (non-hydrogen) atoms. The monoisotopic (exact) mass is 338 g/mol. The number of aliphatic hydroxyl groups excluding tert-OH is 1. The van der Waals surface area contributed by atoms with Gasteiger partial charge in [0.2, 0.25) is 11.8 Å². The Bertz CT molecular complexity index is 714. The lowest BCUT2D eigenvalue weighted by Crippen LogP contribution is -2.48. The van der Waals surface area contributed by atoms with Gasteiger partial charge in [-0.1, -0.05) is 60.7 Å². The third-order valence-corrected chi connectivity index (χ3v) is 3.66. The fraction of sp³-hybridized carbons (Fsp3) is 0.200. The van der Waals surface area contributed by atoms with Crippen LogP contribution in [0.15, 0.2) is 66.7 Å². The molecule has 1 unspecified atom stereocenters. The van der Waals surface area contributed by atoms with Gasteiger partial charge in [-0.25, -0.2) is 0 Å². The first kappa shape index (κ1) is 18.4. The Morgan fingerprint density at radius 3 is 2.28 bits per heavy atom. The number of nitrogens with one attached hydrogen (secondary N) is 1. The van der Waals surface area contributed by atoms with Crippen molar-refractivity contribution in [2.75, 3.05) is 13.7 Å². The van der Waals surface area contributed by atoms with Crippen LogP contribution in [0.1, 0.15) is 11.1 Å². The van der Waals surface area contributed by atoms with E-state index in [1.807, 2.05) is 60.7 Å². The number of nitrogens with zero attached hydrogens (tertiary/aromatic N) is 1. The van der Waals surface area contributed by atoms with Crippen LogP contribution in [-0.4, -0.2) is 41.5 Å². The quantitative estimate of drug-likeness (QED) is 0.757. The molecule has 2 amide bonds. The van der Waals surface area contributed by atoms with Crippen LogP contribution < -0.4 is 5.32 Å². The lowest BCUT2D eigenvalue weighted by atomic mass is 10.2. The fourth-order valence-electron chi connectivity index (χ4n) is 2.34. The molecule has 0 aliphatic heterocycles. The van der Waals surface area contributed by atoms with Crippen molar-refractivity contribution in [1.82, 2.24) is 10.2 Å². The molecule has 0 aromatic heterocycles. The van der Waals surface area contributed by atoms with Crippen LogP contribution in [0.2, 0.25) is 0 Å². The topological polar surface area (TPSA) is 69.6 Å². The molecule has 0 aliphatic carbocycles. The van der Waals surface area contributed by atoms with Crippen LogP contribution in [0.4, 0.5) is 0 Å². The third-order valence-electron chi connectivity index (χ3n) is 3.66. The minimum Gasteiger partial charge on any atom is -0.394 e. The van der Waals surface area contributed by atoms with E-state index >= 15 is 0 Å². The van der Waals surface area contributed by atoms with Gasteiger partial charge in [0.25, 0.3) is 0 Å². The summed E-state index contributed by atoms with van der Waals surface area (Å²) < 4.78 is 0. The van der Waals surface area contributed by atoms with Crippen molar-refractivity contribution in [3.8, 4) is 0 Å². The summed E-state index contributed by atoms with van der Waals surface area (Å²) in [6.07, 6.45) is 3.00. The predicted octanol–water partition coefficient (Wildman–Crippen LogP) is 1.84. The fourth-order valence-corrected chi connectivity index (χ4v) is 2.34. The minimum absolute atomic E-state index is 0.340. The first-order valence-corrected chi connectivity index (χ1v) is 8.03. The molecule has 0 heterocycles. The SMILES string of the molecule is CN(Cc1ccccc1)C(=O)C(CO)NC(=O)C=Cc1ccccc1. The maximum Gasteiger partial charge on any atom is 0.247 e. The van der Waals surface area contributed by atoms with E-state index in [9.17, 15) is 14.7 Å². The maximum atomic E-state index is 12.4. The molecule has 0 aliphatic rings. The Balaban J connectivity index is 1.92. The molecule has 2 rings (SSSR count). The molecule has 2 aromatic carbocycles. The van der Waals surface area contributed by atoms with Crippen LogP contribution in [-0.2, 0) is 16.1 Å². The Kier molecular flexibility index (Phi) is 6.92. The number of hydrogen-bond donors (Lipinski definition) is 2. The first-order valence-electron chi connectivity index (χ1n) is 8.03. The van der Waals surface area contributed by atoms with Gasteiger partial charge >= 0.3 is 0 Å². The van der Waals surface area contributed by atoms with E-state index in [0.29, 0.717) is 6.54 Å². The van der Waals surface area contributed by atoms with E-state index in [2.05, 4.69) is 5.32 Å². The highest BCUT2D eigenvalue weighted by molar-refractivity contribution is 5.95. The molecule has 2 N–H and O–H groups in total. The summed E-state index contributed by atoms with van der Waals surface area (Å²) in [4.78, 5) is 25.9. The highest BCUT2D eigenvalue weighted by Gasteiger charge is 2.22. The molecule has 130 valence electrons. The number of rotatable bonds is 7. The van der Waals surface area contributed by atoms with E-state index in [0.717, 1.165) is 11.1 Å². The molecule has 0 fully saturated rings. The minimum atomic E-state index is -0.971. The summed E-state index contributed by atoms with van der Waals surface area (Å²) in [5.41, 5.74) is 1.86. The number of carbonyl (C=O) groups is 2. The van der Waals surface area contributed by atoms with Gasteiger partial charge in [0, 0.05) is 19.7 Å². The lowest BCUT2D eigenvalue weighted by Gasteiger charge is -2.23. The number of benzene rings is 2. The Morgan fingerprint density at radius 2 is 1.68 bits per heavy atom. The second-order valence-corrected chi connectivity index (χ2v) is 5.67. The van der Waals surface area contributed by atoms with Gasteiger partial charge < -0.3 is 15.3 Å². The van der Waals surface area contributed by atoms with Gasteiger partial charge in [-0.15, -0.1) is 0 Å². The van der Waals surface area contributed by atoms with Gasteiger partial charge in [0.05, 0.1) is 6.61 Å². The highest BCUT2D eigenvalue weighted by Crippen LogP contribution is 2.05. The number of likely N-dealkylation sites (N-methyl/N-ethyl adjacent to an activating group) is 1. The standard InChI is InChI=1S/C20H22N2O3/c1-22(14-17-10-6-3-7-11-17)20(25)18(15-23)21-19(24)13-12-16-8-4-2-5-9-16/h2-13,18,23H,14-15H2,1H3,(H,21,24). The number of aliphatic hydroxyl groups is 1. The second kappa shape index (κ2) is 9.39. The van der Waals surface area contributed by atoms with Crippen molar-refractivity contribution >= 4 is 17.9 Å². The molecule has 5 nitrogen and oxygen atoms in total. The molecule has 1 atom stereocenters. The average Bonchev–Trinajstić information content (AvgIpc) is 2.65. The van der Waals surface area contributed by atoms with E-state index in [1.54, 1.807) is 13.1 Å². The largest absolute Gasteiger partial charge is 0.394 e. The lowest BCUT2D eigenvalue weighted by molar-refractivity contribution is -0.136. The van der Waals surface area contributed by atoms with E-state index in [-0.39, 0.29) is 5.91 Å². The summed E-state index contributed by atoms with van der Waals surface area (Å²) in [6, 6.07) is 17.9. The van der Waals surface area contributed by atoms with Crippen molar-refractivity contribution in [2.24, 2.45) is 0 Å². The molecule has 0 radical (unpaired) electrons. The number of carbonyl (C=O) groups excluding carboxylic acids is 2. The maximum absolute atomic E-state index is 12.4. The zero-order valence-corrected chi connectivity index (χ0v) is 14.1. The average molecular weight is 338 g/mol. The van der Waals surface area contributed by atoms with Crippen LogP contribution in [0.3, 0.4) is 0 Å². The molecular formula is C20H22N2O3. The van der Waals surface area contributed by atoms with Crippen LogP contribution >= 0.6 is 0 Å². The van der Waals surface area contributed by atoms with Crippen LogP contribution in [0, 0.1) is 0 Å². The summed E-state index contributed by atoms with van der Waals surface area (Å²) >= 11 is 0. The smallest absolute Gasteiger partial charge is 0.247 e. The van der Waals surface area contributed by atoms with Gasteiger partial charge in [0.15, 0.2) is 0 Å². The Hall–Kier alpha value is -2.92. The van der Waals surface area contributed by atoms with Gasteiger partial charge in [-0.3, -0.25) is 9.59 Å². The van der Waals surface area contributed by atoms with E-state index in [1.165, 1.54) is 11.0 Å². The van der Waals surface area contributed by atoms with Crippen molar-refractivity contribution in [3.05, 3.63) is 77.9 Å². The van der Waals surface area contributed by atoms with E-state index in [4.69, 9.17) is 0 Å². The summed E-state index contributed by atoms with van der Waals surface area (Å²) in [5.74, 6) is -0.767. The van der Waals surface area contributed by atoms with Crippen LogP contribution in [0.5, 0.6) is 0 Å². The van der Waals surface area contributed by atoms with Crippen molar-refractivity contribution in [1.29, 1.82) is 0 Å². The number of amides is 2. The molecule has 0 saturated heterocycles. The molecule has 0 bridgehead atoms. The van der Waals surface area contributed by atoms with Crippen molar-refractivity contribution < 1.29 is 14.7 Å². The van der Waals surface area contributed by atoms with Gasteiger partial charge in [0.1, 0.15) is 6.04 Å². The number of hydrogen-bond acceptors (Lipinski definition) is 3. The van der Waals surface area contributed by atoms with Crippen LogP contribution in [0.25, 0.3) is 6.08 Å². The zero-order chi connectivity index (χ0) is 18.1. The van der Waals surface area contributed by atoms with Gasteiger partial charge in [-0.2, -0.15) is 0 Å². The van der Waals surface area contributed by atoms with Crippen molar-refractivity contribution in [3.63, 3.8) is 0 Å². The zero-order valence-electron chi connectivity index (χ0n) is 14.1. The summed E-state index contributed by atoms with van der Waals surface area (Å²) in [7, 11) is 1.64. The normalized spacial score (nSPS) is 11.9. The predicted molar refractivity (Wildman–Crippen MR) is 97.4 cm³/mol. The van der Waals surface area contributed by atoms with E-state index < -0.39 is 18.6 Å². The molecule has 5 heteroatoms. The second-order valence-electron chi connectivity index (χ2n) is 5.67. The third kappa shape index (κ3) is 5.90. The van der Waals surface area contributed by atoms with Gasteiger partial charge in [-0.05, 0) is 17.2 Å². The molecule has 0 spiro atoms. The molecular weight excluding hydrogens is 316 g/mol. The Morgan fingerprint density at radius 1 is 1.08 bits per heavy atom. The molecule has 2 aromatic rings. The first-order chi connectivity index (χ1) is 12.1. The summed E-state index contributed by atoms with van der Waals surface area (Å²) in [5, 5.41) is 12.0. The highest BCUT2D eigenvalue weighted by atomic mass is 16.3. The molecule has 0 saturated carbocycles. The van der Waals surface area contributed by atoms with Crippen molar-refractivity contribution in [2.45, 2.75) is 12.6 Å². The summed E-state index contributed by atoms with van der Waals surface area (Å²) in [6.45, 7) is -0.0468.